The number of β-amino-alcohol motifs (C(OH)–C–C–N with tert-alkyl or cyclic N) is 1. The van der Waals surface area contributed by atoms with Crippen LogP contribution in [0.4, 0.5) is 5.69 Å². The number of hydrogen-bond donors (Lipinski definition) is 1. The third-order valence-electron chi connectivity index (χ3n) is 7.73. The molecule has 3 saturated heterocycles. The summed E-state index contributed by atoms with van der Waals surface area (Å²) < 4.78 is 12.0. The monoisotopic (exact) mass is 530 g/mol. The van der Waals surface area contributed by atoms with Crippen molar-refractivity contribution >= 4 is 35.1 Å². The van der Waals surface area contributed by atoms with Gasteiger partial charge in [0.25, 0.3) is 5.91 Å². The molecule has 5 atom stereocenters. The number of anilines is 1. The van der Waals surface area contributed by atoms with Gasteiger partial charge in [-0.15, -0.1) is 13.2 Å². The molecule has 37 heavy (non-hydrogen) atoms. The van der Waals surface area contributed by atoms with E-state index in [-0.39, 0.29) is 38.1 Å². The lowest BCUT2D eigenvalue weighted by atomic mass is 9.70. The predicted octanol–water partition coefficient (Wildman–Crippen LogP) is 3.43. The summed E-state index contributed by atoms with van der Waals surface area (Å²) in [5.74, 6) is -2.83. The molecule has 1 aromatic carbocycles. The minimum atomic E-state index is -1.17. The van der Waals surface area contributed by atoms with Crippen LogP contribution in [0.3, 0.4) is 0 Å². The lowest BCUT2D eigenvalue weighted by Crippen LogP contribution is -2.57. The minimum Gasteiger partial charge on any atom is -0.465 e. The van der Waals surface area contributed by atoms with Crippen LogP contribution in [0.2, 0.25) is 5.02 Å². The zero-order valence-electron chi connectivity index (χ0n) is 21.2. The van der Waals surface area contributed by atoms with E-state index in [0.717, 1.165) is 18.4 Å². The highest BCUT2D eigenvalue weighted by Gasteiger charge is 2.75. The molecule has 3 fully saturated rings. The molecule has 1 aromatic rings. The molecule has 9 heteroatoms. The summed E-state index contributed by atoms with van der Waals surface area (Å²) in [5, 5.41) is 10.2. The van der Waals surface area contributed by atoms with E-state index < -0.39 is 35.6 Å². The molecule has 0 aliphatic carbocycles. The lowest BCUT2D eigenvalue weighted by molar-refractivity contribution is -0.155. The zero-order valence-corrected chi connectivity index (χ0v) is 22.0. The molecular weight excluding hydrogens is 496 g/mol. The first-order chi connectivity index (χ1) is 17.8. The molecule has 8 nitrogen and oxygen atoms in total. The number of allylic oxidation sites excluding steroid dienone is 1. The fraction of sp³-hybridized carbons (Fsp3) is 0.536. The average Bonchev–Trinajstić information content (AvgIpc) is 3.51. The van der Waals surface area contributed by atoms with Gasteiger partial charge in [-0.3, -0.25) is 14.4 Å². The van der Waals surface area contributed by atoms with Crippen LogP contribution < -0.4 is 4.90 Å². The number of esters is 1. The fourth-order valence-corrected chi connectivity index (χ4v) is 6.57. The number of unbranched alkanes of at least 4 members (excludes halogenated alkanes) is 2. The Bertz CT molecular complexity index is 1060. The van der Waals surface area contributed by atoms with E-state index in [9.17, 15) is 19.5 Å². The van der Waals surface area contributed by atoms with Gasteiger partial charge in [-0.05, 0) is 50.7 Å². The van der Waals surface area contributed by atoms with Crippen molar-refractivity contribution in [3.8, 4) is 0 Å². The molecule has 0 aromatic heterocycles. The van der Waals surface area contributed by atoms with Crippen molar-refractivity contribution in [2.45, 2.75) is 56.8 Å². The summed E-state index contributed by atoms with van der Waals surface area (Å²) in [7, 11) is 0. The molecule has 2 bridgehead atoms. The highest BCUT2D eigenvalue weighted by atomic mass is 35.5. The van der Waals surface area contributed by atoms with Crippen LogP contribution in [-0.2, 0) is 23.9 Å². The number of aliphatic hydroxyl groups excluding tert-OH is 1. The van der Waals surface area contributed by atoms with Crippen LogP contribution in [0.1, 0.15) is 37.7 Å². The van der Waals surface area contributed by atoms with Crippen molar-refractivity contribution in [3.63, 3.8) is 0 Å². The molecule has 3 aliphatic heterocycles. The Hall–Kier alpha value is -2.68. The largest absolute Gasteiger partial charge is 0.465 e. The van der Waals surface area contributed by atoms with Gasteiger partial charge in [-0.2, -0.15) is 0 Å². The van der Waals surface area contributed by atoms with E-state index in [1.807, 2.05) is 19.1 Å². The summed E-state index contributed by atoms with van der Waals surface area (Å²) in [4.78, 5) is 44.1. The number of nitrogens with zero attached hydrogens (tertiary/aromatic N) is 2. The quantitative estimate of drug-likeness (QED) is 0.253. The van der Waals surface area contributed by atoms with Gasteiger partial charge in [-0.25, -0.2) is 0 Å². The lowest BCUT2D eigenvalue weighted by Gasteiger charge is -2.37. The second-order valence-electron chi connectivity index (χ2n) is 9.91. The van der Waals surface area contributed by atoms with Gasteiger partial charge < -0.3 is 24.4 Å². The van der Waals surface area contributed by atoms with E-state index >= 15 is 0 Å². The summed E-state index contributed by atoms with van der Waals surface area (Å²) in [6.45, 7) is 9.40. The van der Waals surface area contributed by atoms with Crippen molar-refractivity contribution < 1.29 is 29.0 Å². The van der Waals surface area contributed by atoms with Crippen LogP contribution in [0, 0.1) is 18.8 Å². The van der Waals surface area contributed by atoms with Gasteiger partial charge >= 0.3 is 5.97 Å². The number of para-hydroxylation sites is 1. The van der Waals surface area contributed by atoms with Gasteiger partial charge in [0.1, 0.15) is 11.6 Å². The molecule has 200 valence electrons. The second kappa shape index (κ2) is 11.4. The molecule has 2 amide bonds. The number of carbonyl (C=O) groups is 3. The molecule has 0 saturated carbocycles. The van der Waals surface area contributed by atoms with Gasteiger partial charge in [-0.1, -0.05) is 35.9 Å². The van der Waals surface area contributed by atoms with Crippen molar-refractivity contribution in [2.24, 2.45) is 11.8 Å². The van der Waals surface area contributed by atoms with Crippen molar-refractivity contribution in [1.82, 2.24) is 4.90 Å². The van der Waals surface area contributed by atoms with E-state index in [1.54, 1.807) is 18.2 Å². The molecule has 3 heterocycles. The average molecular weight is 531 g/mol. The number of hydrogen-bond acceptors (Lipinski definition) is 6. The van der Waals surface area contributed by atoms with E-state index in [0.29, 0.717) is 30.0 Å². The first kappa shape index (κ1) is 27.4. The van der Waals surface area contributed by atoms with Gasteiger partial charge in [0, 0.05) is 13.1 Å². The third kappa shape index (κ3) is 4.71. The second-order valence-corrected chi connectivity index (χ2v) is 10.3. The van der Waals surface area contributed by atoms with Crippen LogP contribution in [0.5, 0.6) is 0 Å². The first-order valence-corrected chi connectivity index (χ1v) is 13.2. The number of ether oxygens (including phenoxy) is 2. The normalized spacial score (nSPS) is 27.8. The Labute approximate surface area is 222 Å². The Balaban J connectivity index is 1.67. The van der Waals surface area contributed by atoms with Crippen molar-refractivity contribution in [1.29, 1.82) is 0 Å². The van der Waals surface area contributed by atoms with E-state index in [4.69, 9.17) is 21.1 Å². The zero-order chi connectivity index (χ0) is 26.7. The topological polar surface area (TPSA) is 96.4 Å². The number of carbonyl (C=O) groups excluding carboxylic acids is 3. The van der Waals surface area contributed by atoms with Crippen LogP contribution in [0.25, 0.3) is 0 Å². The maximum absolute atomic E-state index is 14.3. The van der Waals surface area contributed by atoms with Gasteiger partial charge in [0.15, 0.2) is 0 Å². The molecule has 4 rings (SSSR count). The highest BCUT2D eigenvalue weighted by molar-refractivity contribution is 6.34. The number of fused-ring (bicyclic) bond motifs is 1. The van der Waals surface area contributed by atoms with Crippen molar-refractivity contribution in [2.75, 3.05) is 31.2 Å². The van der Waals surface area contributed by atoms with E-state index in [1.165, 1.54) is 9.80 Å². The van der Waals surface area contributed by atoms with Crippen LogP contribution in [-0.4, -0.2) is 71.8 Å². The van der Waals surface area contributed by atoms with Crippen LogP contribution in [0.15, 0.2) is 43.5 Å². The number of aryl methyl sites for hydroxylation is 1. The maximum Gasteiger partial charge on any atom is 0.312 e. The first-order valence-electron chi connectivity index (χ1n) is 12.9. The summed E-state index contributed by atoms with van der Waals surface area (Å²) in [6.07, 6.45) is 6.32. The fourth-order valence-electron chi connectivity index (χ4n) is 6.24. The molecule has 1 spiro atoms. The highest BCUT2D eigenvalue weighted by Crippen LogP contribution is 2.59. The summed E-state index contributed by atoms with van der Waals surface area (Å²) in [5.41, 5.74) is 0.160. The Morgan fingerprint density at radius 2 is 2.11 bits per heavy atom. The Morgan fingerprint density at radius 1 is 1.32 bits per heavy atom. The van der Waals surface area contributed by atoms with E-state index in [2.05, 4.69) is 13.2 Å². The number of halogens is 1. The van der Waals surface area contributed by atoms with Gasteiger partial charge in [0.05, 0.1) is 41.9 Å². The number of rotatable bonds is 12. The maximum atomic E-state index is 14.3. The smallest absolute Gasteiger partial charge is 0.312 e. The predicted molar refractivity (Wildman–Crippen MR) is 140 cm³/mol. The standard InChI is InChI=1S/C28H35ClN2O6/c1-4-6-7-8-17-36-27(35)21-20-12-13-28(37-20)22(21)25(33)31(15-16-32)24(28)26(34)30(14-5-2)23-18(3)10-9-11-19(23)29/h4-5,9-11,20-22,24,32H,1-2,6-8,12-17H2,3H3/t20-,21+,22+,24?,28?/m1/s1. The number of aliphatic hydroxyl groups is 1. The number of benzene rings is 1. The van der Waals surface area contributed by atoms with Gasteiger partial charge in [0.2, 0.25) is 5.91 Å². The molecule has 2 unspecified atom stereocenters. The third-order valence-corrected chi connectivity index (χ3v) is 8.04. The Morgan fingerprint density at radius 3 is 2.78 bits per heavy atom. The van der Waals surface area contributed by atoms with Crippen molar-refractivity contribution in [3.05, 3.63) is 54.1 Å². The minimum absolute atomic E-state index is 0.0474. The van der Waals surface area contributed by atoms with Crippen LogP contribution >= 0.6 is 11.6 Å². The number of likely N-dealkylation sites (tertiary alicyclic amines) is 1. The molecule has 3 aliphatic rings. The summed E-state index contributed by atoms with van der Waals surface area (Å²) >= 11 is 6.52. The molecular formula is C28H35ClN2O6. The molecule has 1 N–H and O–H groups in total. The molecule has 0 radical (unpaired) electrons. The number of amides is 2. The SMILES string of the molecule is C=CCCCCOC(=O)[C@@H]1[C@H]2C(=O)N(CCO)C(C(=O)N(CC=C)c3c(C)cccc3Cl)C23CC[C@H]1O3. The Kier molecular flexibility index (Phi) is 8.41. The summed E-state index contributed by atoms with van der Waals surface area (Å²) in [6, 6.07) is 4.36.